The zero-order valence-electron chi connectivity index (χ0n) is 13.2. The fourth-order valence-corrected chi connectivity index (χ4v) is 2.54. The summed E-state index contributed by atoms with van der Waals surface area (Å²) in [5, 5.41) is 10.6. The van der Waals surface area contributed by atoms with E-state index in [-0.39, 0.29) is 24.5 Å². The van der Waals surface area contributed by atoms with E-state index in [1.54, 1.807) is 24.3 Å². The van der Waals surface area contributed by atoms with E-state index in [0.717, 1.165) is 6.07 Å². The third-order valence-electron chi connectivity index (χ3n) is 3.45. The van der Waals surface area contributed by atoms with Crippen LogP contribution in [0.5, 0.6) is 5.75 Å². The largest absolute Gasteiger partial charge is 0.502 e. The molecule has 1 N–H and O–H groups in total. The van der Waals surface area contributed by atoms with Gasteiger partial charge >= 0.3 is 5.97 Å². The van der Waals surface area contributed by atoms with Crippen LogP contribution in [-0.4, -0.2) is 25.3 Å². The van der Waals surface area contributed by atoms with Crippen LogP contribution in [0, 0.1) is 0 Å². The summed E-state index contributed by atoms with van der Waals surface area (Å²) in [6.07, 6.45) is -0.121. The molecule has 0 saturated carbocycles. The van der Waals surface area contributed by atoms with Crippen molar-refractivity contribution in [3.63, 3.8) is 0 Å². The highest BCUT2D eigenvalue weighted by molar-refractivity contribution is 6.30. The summed E-state index contributed by atoms with van der Waals surface area (Å²) < 4.78 is 15.3. The number of aromatic hydroxyl groups is 1. The molecule has 0 saturated heterocycles. The number of carbonyl (C=O) groups is 1. The lowest BCUT2D eigenvalue weighted by Gasteiger charge is -2.17. The summed E-state index contributed by atoms with van der Waals surface area (Å²) in [5.74, 6) is -1.57. The standard InChI is InChI=1S/C17H17ClO6/c1-22-9-12-7-14(19)16(21)17(24-12)13(8-15(20)23-2)10-4-3-5-11(18)6-10/h3-7,13,21H,8-9H2,1-2H3/t13-/m0/s1. The van der Waals surface area contributed by atoms with Gasteiger partial charge in [0.15, 0.2) is 5.76 Å². The van der Waals surface area contributed by atoms with Gasteiger partial charge < -0.3 is 19.0 Å². The summed E-state index contributed by atoms with van der Waals surface area (Å²) in [5.41, 5.74) is 0.00103. The maximum absolute atomic E-state index is 12.0. The molecule has 2 rings (SSSR count). The molecule has 0 aliphatic carbocycles. The van der Waals surface area contributed by atoms with Crippen molar-refractivity contribution in [1.82, 2.24) is 0 Å². The van der Waals surface area contributed by atoms with Crippen LogP contribution in [0.4, 0.5) is 0 Å². The first-order valence-corrected chi connectivity index (χ1v) is 7.51. The second-order valence-corrected chi connectivity index (χ2v) is 5.55. The number of hydrogen-bond donors (Lipinski definition) is 1. The molecule has 1 atom stereocenters. The van der Waals surface area contributed by atoms with Crippen molar-refractivity contribution in [2.45, 2.75) is 18.9 Å². The van der Waals surface area contributed by atoms with Gasteiger partial charge in [0.25, 0.3) is 0 Å². The van der Waals surface area contributed by atoms with Gasteiger partial charge in [-0.2, -0.15) is 0 Å². The van der Waals surface area contributed by atoms with Crippen LogP contribution in [0.15, 0.2) is 39.5 Å². The lowest BCUT2D eigenvalue weighted by molar-refractivity contribution is -0.140. The Hall–Kier alpha value is -2.31. The van der Waals surface area contributed by atoms with Gasteiger partial charge in [-0.05, 0) is 17.7 Å². The van der Waals surface area contributed by atoms with Gasteiger partial charge in [-0.3, -0.25) is 9.59 Å². The number of ether oxygens (including phenoxy) is 2. The zero-order valence-corrected chi connectivity index (χ0v) is 14.0. The third kappa shape index (κ3) is 4.15. The summed E-state index contributed by atoms with van der Waals surface area (Å²) in [6, 6.07) is 7.89. The molecule has 0 radical (unpaired) electrons. The lowest BCUT2D eigenvalue weighted by atomic mass is 9.92. The summed E-state index contributed by atoms with van der Waals surface area (Å²) >= 11 is 6.01. The van der Waals surface area contributed by atoms with Gasteiger partial charge in [-0.1, -0.05) is 23.7 Å². The Kier molecular flexibility index (Phi) is 6.00. The van der Waals surface area contributed by atoms with Crippen LogP contribution in [0.3, 0.4) is 0 Å². The van der Waals surface area contributed by atoms with Crippen LogP contribution in [0.1, 0.15) is 29.4 Å². The van der Waals surface area contributed by atoms with Crippen molar-refractivity contribution < 1.29 is 23.8 Å². The molecule has 0 amide bonds. The molecular formula is C17H17ClO6. The van der Waals surface area contributed by atoms with E-state index in [4.69, 9.17) is 25.5 Å². The van der Waals surface area contributed by atoms with Crippen molar-refractivity contribution >= 4 is 17.6 Å². The van der Waals surface area contributed by atoms with Gasteiger partial charge in [0.1, 0.15) is 12.4 Å². The molecule has 1 heterocycles. The molecule has 0 spiro atoms. The van der Waals surface area contributed by atoms with E-state index < -0.39 is 23.1 Å². The first-order valence-electron chi connectivity index (χ1n) is 7.13. The molecule has 0 bridgehead atoms. The number of carbonyl (C=O) groups excluding carboxylic acids is 1. The normalized spacial score (nSPS) is 12.0. The highest BCUT2D eigenvalue weighted by Gasteiger charge is 2.26. The van der Waals surface area contributed by atoms with E-state index in [0.29, 0.717) is 10.6 Å². The van der Waals surface area contributed by atoms with Crippen molar-refractivity contribution in [3.05, 3.63) is 62.7 Å². The Morgan fingerprint density at radius 1 is 1.33 bits per heavy atom. The van der Waals surface area contributed by atoms with Crippen LogP contribution in [0.25, 0.3) is 0 Å². The number of esters is 1. The Morgan fingerprint density at radius 3 is 2.71 bits per heavy atom. The number of halogens is 1. The molecule has 1 aromatic carbocycles. The quantitative estimate of drug-likeness (QED) is 0.804. The molecule has 7 heteroatoms. The molecule has 0 aliphatic heterocycles. The predicted octanol–water partition coefficient (Wildman–Crippen LogP) is 2.84. The molecule has 0 unspecified atom stereocenters. The average molecular weight is 353 g/mol. The monoisotopic (exact) mass is 352 g/mol. The minimum Gasteiger partial charge on any atom is -0.502 e. The molecule has 0 aliphatic rings. The van der Waals surface area contributed by atoms with Crippen molar-refractivity contribution in [2.24, 2.45) is 0 Å². The first kappa shape index (κ1) is 18.0. The summed E-state index contributed by atoms with van der Waals surface area (Å²) in [6.45, 7) is 0.0585. The Balaban J connectivity index is 2.58. The number of rotatable bonds is 6. The van der Waals surface area contributed by atoms with E-state index in [2.05, 4.69) is 0 Å². The molecule has 24 heavy (non-hydrogen) atoms. The molecule has 2 aromatic rings. The fraction of sp³-hybridized carbons (Fsp3) is 0.294. The van der Waals surface area contributed by atoms with Gasteiger partial charge in [0.05, 0.1) is 19.4 Å². The van der Waals surface area contributed by atoms with Crippen molar-refractivity contribution in [2.75, 3.05) is 14.2 Å². The number of benzene rings is 1. The van der Waals surface area contributed by atoms with Crippen LogP contribution in [-0.2, 0) is 20.9 Å². The minimum absolute atomic E-state index is 0.0257. The van der Waals surface area contributed by atoms with Gasteiger partial charge in [-0.15, -0.1) is 0 Å². The molecule has 1 aromatic heterocycles. The molecular weight excluding hydrogens is 336 g/mol. The lowest BCUT2D eigenvalue weighted by Crippen LogP contribution is -2.14. The Bertz CT molecular complexity index is 783. The highest BCUT2D eigenvalue weighted by atomic mass is 35.5. The number of methoxy groups -OCH3 is 2. The maximum atomic E-state index is 12.0. The Labute approximate surface area is 143 Å². The smallest absolute Gasteiger partial charge is 0.306 e. The SMILES string of the molecule is COCc1cc(=O)c(O)c([C@@H](CC(=O)OC)c2cccc(Cl)c2)o1. The second-order valence-electron chi connectivity index (χ2n) is 5.11. The summed E-state index contributed by atoms with van der Waals surface area (Å²) in [7, 11) is 2.71. The van der Waals surface area contributed by atoms with Crippen LogP contribution in [0.2, 0.25) is 5.02 Å². The highest BCUT2D eigenvalue weighted by Crippen LogP contribution is 2.34. The third-order valence-corrected chi connectivity index (χ3v) is 3.69. The van der Waals surface area contributed by atoms with E-state index in [9.17, 15) is 14.7 Å². The minimum atomic E-state index is -0.722. The van der Waals surface area contributed by atoms with E-state index >= 15 is 0 Å². The van der Waals surface area contributed by atoms with Gasteiger partial charge in [0.2, 0.25) is 11.2 Å². The van der Waals surface area contributed by atoms with Gasteiger partial charge in [0, 0.05) is 18.2 Å². The van der Waals surface area contributed by atoms with E-state index in [1.807, 2.05) is 0 Å². The molecule has 0 fully saturated rings. The fourth-order valence-electron chi connectivity index (χ4n) is 2.34. The zero-order chi connectivity index (χ0) is 17.7. The first-order chi connectivity index (χ1) is 11.5. The second kappa shape index (κ2) is 7.99. The average Bonchev–Trinajstić information content (AvgIpc) is 2.56. The van der Waals surface area contributed by atoms with Gasteiger partial charge in [-0.25, -0.2) is 0 Å². The Morgan fingerprint density at radius 2 is 2.08 bits per heavy atom. The molecule has 6 nitrogen and oxygen atoms in total. The number of hydrogen-bond acceptors (Lipinski definition) is 6. The van der Waals surface area contributed by atoms with Crippen LogP contribution < -0.4 is 5.43 Å². The topological polar surface area (TPSA) is 86.0 Å². The maximum Gasteiger partial charge on any atom is 0.306 e. The van der Waals surface area contributed by atoms with Crippen molar-refractivity contribution in [1.29, 1.82) is 0 Å². The predicted molar refractivity (Wildman–Crippen MR) is 87.3 cm³/mol. The van der Waals surface area contributed by atoms with Crippen molar-refractivity contribution in [3.8, 4) is 5.75 Å². The van der Waals surface area contributed by atoms with E-state index in [1.165, 1.54) is 14.2 Å². The summed E-state index contributed by atoms with van der Waals surface area (Å²) in [4.78, 5) is 23.8. The van der Waals surface area contributed by atoms with Crippen LogP contribution >= 0.6 is 11.6 Å². The molecule has 128 valence electrons.